The molecule has 0 radical (unpaired) electrons. The summed E-state index contributed by atoms with van der Waals surface area (Å²) in [6, 6.07) is 3.42. The number of carbonyl (C=O) groups excluding carboxylic acids is 1. The minimum Gasteiger partial charge on any atom is -0.478 e. The van der Waals surface area contributed by atoms with E-state index in [2.05, 4.69) is 10.3 Å². The lowest BCUT2D eigenvalue weighted by Crippen LogP contribution is -2.44. The van der Waals surface area contributed by atoms with E-state index in [1.165, 1.54) is 6.20 Å². The zero-order valence-corrected chi connectivity index (χ0v) is 12.1. The molecule has 0 aromatic carbocycles. The monoisotopic (exact) mass is 278 g/mol. The van der Waals surface area contributed by atoms with E-state index in [9.17, 15) is 9.90 Å². The zero-order chi connectivity index (χ0) is 14.6. The van der Waals surface area contributed by atoms with Crippen molar-refractivity contribution in [2.45, 2.75) is 39.2 Å². The molecule has 2 atom stereocenters. The molecule has 1 aliphatic carbocycles. The minimum atomic E-state index is -0.214. The van der Waals surface area contributed by atoms with Crippen LogP contribution in [-0.2, 0) is 0 Å². The van der Waals surface area contributed by atoms with Gasteiger partial charge in [0.25, 0.3) is 5.91 Å². The minimum absolute atomic E-state index is 0.0200. The second-order valence-corrected chi connectivity index (χ2v) is 5.55. The van der Waals surface area contributed by atoms with E-state index in [0.717, 1.165) is 19.3 Å². The van der Waals surface area contributed by atoms with Gasteiger partial charge in [-0.2, -0.15) is 0 Å². The highest BCUT2D eigenvalue weighted by Gasteiger charge is 2.39. The number of pyridine rings is 1. The Morgan fingerprint density at radius 1 is 1.60 bits per heavy atom. The Bertz CT molecular complexity index is 461. The van der Waals surface area contributed by atoms with Crippen LogP contribution in [0, 0.1) is 5.41 Å². The number of nitrogens with one attached hydrogen (secondary N) is 1. The molecule has 2 N–H and O–H groups in total. The quantitative estimate of drug-likeness (QED) is 0.861. The van der Waals surface area contributed by atoms with E-state index in [-0.39, 0.29) is 24.0 Å². The summed E-state index contributed by atoms with van der Waals surface area (Å²) in [5.41, 5.74) is 0.301. The molecule has 2 unspecified atom stereocenters. The van der Waals surface area contributed by atoms with Gasteiger partial charge in [-0.25, -0.2) is 4.98 Å². The van der Waals surface area contributed by atoms with Crippen LogP contribution < -0.4 is 10.1 Å². The second-order valence-electron chi connectivity index (χ2n) is 5.55. The van der Waals surface area contributed by atoms with E-state index in [0.29, 0.717) is 18.1 Å². The summed E-state index contributed by atoms with van der Waals surface area (Å²) in [5.74, 6) is 0.372. The first kappa shape index (κ1) is 14.8. The first-order chi connectivity index (χ1) is 9.59. The van der Waals surface area contributed by atoms with Crippen LogP contribution in [-0.4, -0.2) is 35.3 Å². The van der Waals surface area contributed by atoms with Crippen LogP contribution >= 0.6 is 0 Å². The number of aliphatic hydroxyl groups is 1. The maximum Gasteiger partial charge on any atom is 0.253 e. The largest absolute Gasteiger partial charge is 0.478 e. The molecule has 110 valence electrons. The zero-order valence-electron chi connectivity index (χ0n) is 12.1. The van der Waals surface area contributed by atoms with Gasteiger partial charge in [-0.1, -0.05) is 13.3 Å². The second kappa shape index (κ2) is 6.22. The summed E-state index contributed by atoms with van der Waals surface area (Å²) in [5, 5.41) is 12.5. The van der Waals surface area contributed by atoms with Gasteiger partial charge in [0.1, 0.15) is 0 Å². The van der Waals surface area contributed by atoms with Crippen molar-refractivity contribution in [3.05, 3.63) is 23.9 Å². The summed E-state index contributed by atoms with van der Waals surface area (Å²) < 4.78 is 5.25. The molecule has 1 fully saturated rings. The summed E-state index contributed by atoms with van der Waals surface area (Å²) in [6.45, 7) is 4.55. The molecule has 1 aromatic heterocycles. The molecule has 1 heterocycles. The lowest BCUT2D eigenvalue weighted by atomic mass is 9.85. The Hall–Kier alpha value is -1.62. The molecular weight excluding hydrogens is 256 g/mol. The van der Waals surface area contributed by atoms with Gasteiger partial charge >= 0.3 is 0 Å². The van der Waals surface area contributed by atoms with Crippen molar-refractivity contribution < 1.29 is 14.6 Å². The van der Waals surface area contributed by atoms with Gasteiger partial charge in [0.15, 0.2) is 0 Å². The topological polar surface area (TPSA) is 71.5 Å². The lowest BCUT2D eigenvalue weighted by Gasteiger charge is -2.30. The average Bonchev–Trinajstić information content (AvgIpc) is 2.82. The van der Waals surface area contributed by atoms with Crippen molar-refractivity contribution >= 4 is 5.91 Å². The molecule has 1 amide bonds. The molecule has 0 saturated heterocycles. The highest BCUT2D eigenvalue weighted by atomic mass is 16.5. The lowest BCUT2D eigenvalue weighted by molar-refractivity contribution is 0.0830. The predicted octanol–water partition coefficient (Wildman–Crippen LogP) is 1.76. The molecule has 5 heteroatoms. The highest BCUT2D eigenvalue weighted by Crippen LogP contribution is 2.37. The third-order valence-corrected chi connectivity index (χ3v) is 4.04. The van der Waals surface area contributed by atoms with Crippen molar-refractivity contribution in [1.29, 1.82) is 0 Å². The van der Waals surface area contributed by atoms with Crippen molar-refractivity contribution in [1.82, 2.24) is 10.3 Å². The van der Waals surface area contributed by atoms with Crippen LogP contribution in [0.1, 0.15) is 43.5 Å². The van der Waals surface area contributed by atoms with E-state index in [1.54, 1.807) is 12.1 Å². The Morgan fingerprint density at radius 3 is 3.00 bits per heavy atom. The Balaban J connectivity index is 2.01. The molecule has 1 aromatic rings. The SMILES string of the molecule is CCOc1ccc(C(=O)NC2CCCC2(C)CO)cn1. The Labute approximate surface area is 119 Å². The molecule has 5 nitrogen and oxygen atoms in total. The van der Waals surface area contributed by atoms with E-state index < -0.39 is 0 Å². The molecule has 2 rings (SSSR count). The summed E-state index contributed by atoms with van der Waals surface area (Å²) >= 11 is 0. The van der Waals surface area contributed by atoms with E-state index >= 15 is 0 Å². The van der Waals surface area contributed by atoms with Gasteiger partial charge in [0.2, 0.25) is 5.88 Å². The normalized spacial score (nSPS) is 25.4. The predicted molar refractivity (Wildman–Crippen MR) is 75.7 cm³/mol. The van der Waals surface area contributed by atoms with Crippen LogP contribution in [0.25, 0.3) is 0 Å². The molecule has 0 aliphatic heterocycles. The summed E-state index contributed by atoms with van der Waals surface area (Å²) in [6.07, 6.45) is 4.40. The fourth-order valence-electron chi connectivity index (χ4n) is 2.66. The molecular formula is C15H22N2O3. The van der Waals surface area contributed by atoms with Crippen molar-refractivity contribution in [2.75, 3.05) is 13.2 Å². The van der Waals surface area contributed by atoms with E-state index in [4.69, 9.17) is 4.74 Å². The maximum atomic E-state index is 12.2. The number of aliphatic hydroxyl groups excluding tert-OH is 1. The van der Waals surface area contributed by atoms with Gasteiger partial charge in [0.05, 0.1) is 18.8 Å². The molecule has 0 bridgehead atoms. The molecule has 1 saturated carbocycles. The van der Waals surface area contributed by atoms with Gasteiger partial charge in [-0.05, 0) is 25.8 Å². The first-order valence-electron chi connectivity index (χ1n) is 7.09. The highest BCUT2D eigenvalue weighted by molar-refractivity contribution is 5.94. The smallest absolute Gasteiger partial charge is 0.253 e. The number of carbonyl (C=O) groups is 1. The van der Waals surface area contributed by atoms with Crippen LogP contribution in [0.5, 0.6) is 5.88 Å². The number of hydrogen-bond donors (Lipinski definition) is 2. The Morgan fingerprint density at radius 2 is 2.40 bits per heavy atom. The summed E-state index contributed by atoms with van der Waals surface area (Å²) in [4.78, 5) is 16.3. The fraction of sp³-hybridized carbons (Fsp3) is 0.600. The number of amides is 1. The van der Waals surface area contributed by atoms with Crippen molar-refractivity contribution in [2.24, 2.45) is 5.41 Å². The van der Waals surface area contributed by atoms with Crippen LogP contribution in [0.3, 0.4) is 0 Å². The van der Waals surface area contributed by atoms with Gasteiger partial charge in [0, 0.05) is 23.7 Å². The third-order valence-electron chi connectivity index (χ3n) is 4.04. The van der Waals surface area contributed by atoms with Crippen LogP contribution in [0.15, 0.2) is 18.3 Å². The fourth-order valence-corrected chi connectivity index (χ4v) is 2.66. The van der Waals surface area contributed by atoms with Gasteiger partial charge in [-0.3, -0.25) is 4.79 Å². The van der Waals surface area contributed by atoms with Crippen LogP contribution in [0.4, 0.5) is 0 Å². The number of hydrogen-bond acceptors (Lipinski definition) is 4. The molecule has 20 heavy (non-hydrogen) atoms. The van der Waals surface area contributed by atoms with Crippen molar-refractivity contribution in [3.8, 4) is 5.88 Å². The average molecular weight is 278 g/mol. The maximum absolute atomic E-state index is 12.2. The van der Waals surface area contributed by atoms with Crippen molar-refractivity contribution in [3.63, 3.8) is 0 Å². The van der Waals surface area contributed by atoms with Gasteiger partial charge < -0.3 is 15.2 Å². The van der Waals surface area contributed by atoms with Crippen LogP contribution in [0.2, 0.25) is 0 Å². The van der Waals surface area contributed by atoms with Gasteiger partial charge in [-0.15, -0.1) is 0 Å². The summed E-state index contributed by atoms with van der Waals surface area (Å²) in [7, 11) is 0. The number of rotatable bonds is 5. The number of nitrogens with zero attached hydrogens (tertiary/aromatic N) is 1. The molecule has 0 spiro atoms. The number of aromatic nitrogens is 1. The third kappa shape index (κ3) is 3.10. The number of ether oxygens (including phenoxy) is 1. The molecule has 1 aliphatic rings. The van der Waals surface area contributed by atoms with E-state index in [1.807, 2.05) is 13.8 Å². The Kier molecular flexibility index (Phi) is 4.60. The first-order valence-corrected chi connectivity index (χ1v) is 7.09. The standard InChI is InChI=1S/C15H22N2O3/c1-3-20-13-7-6-11(9-16-13)14(19)17-12-5-4-8-15(12,2)10-18/h6-7,9,12,18H,3-5,8,10H2,1-2H3,(H,17,19).